The summed E-state index contributed by atoms with van der Waals surface area (Å²) in [5.74, 6) is 0.787. The van der Waals surface area contributed by atoms with Crippen LogP contribution in [-0.2, 0) is 0 Å². The quantitative estimate of drug-likeness (QED) is 0.599. The van der Waals surface area contributed by atoms with Crippen molar-refractivity contribution in [3.8, 4) is 0 Å². The number of halogens is 2. The van der Waals surface area contributed by atoms with Crippen molar-refractivity contribution in [2.24, 2.45) is 0 Å². The van der Waals surface area contributed by atoms with Gasteiger partial charge in [-0.3, -0.25) is 0 Å². The zero-order valence-electron chi connectivity index (χ0n) is 11.1. The van der Waals surface area contributed by atoms with Gasteiger partial charge in [0.2, 0.25) is 0 Å². The summed E-state index contributed by atoms with van der Waals surface area (Å²) < 4.78 is 0. The molecule has 0 fully saturated rings. The van der Waals surface area contributed by atoms with Crippen molar-refractivity contribution < 1.29 is 4.79 Å². The van der Waals surface area contributed by atoms with Crippen LogP contribution in [0.25, 0.3) is 0 Å². The standard InChI is InChI=1S/C15H14Cl2N2OS/c16-11-1-5-13(6-2-11)19-15(20)18-9-10-21-14-7-3-12(17)4-8-14/h1-8H,9-10H2,(H2,18,19,20). The van der Waals surface area contributed by atoms with Crippen molar-refractivity contribution in [2.45, 2.75) is 4.90 Å². The summed E-state index contributed by atoms with van der Waals surface area (Å²) in [6.07, 6.45) is 0. The third kappa shape index (κ3) is 5.87. The number of thioether (sulfide) groups is 1. The van der Waals surface area contributed by atoms with Gasteiger partial charge in [0, 0.05) is 32.9 Å². The maximum Gasteiger partial charge on any atom is 0.319 e. The number of nitrogens with one attached hydrogen (secondary N) is 2. The zero-order chi connectivity index (χ0) is 15.1. The first-order valence-corrected chi connectivity index (χ1v) is 8.06. The molecule has 110 valence electrons. The Balaban J connectivity index is 1.67. The highest BCUT2D eigenvalue weighted by atomic mass is 35.5. The molecule has 0 unspecified atom stereocenters. The van der Waals surface area contributed by atoms with Gasteiger partial charge >= 0.3 is 6.03 Å². The van der Waals surface area contributed by atoms with Gasteiger partial charge in [0.15, 0.2) is 0 Å². The van der Waals surface area contributed by atoms with Gasteiger partial charge in [-0.1, -0.05) is 23.2 Å². The number of hydrogen-bond acceptors (Lipinski definition) is 2. The molecule has 0 bridgehead atoms. The maximum absolute atomic E-state index is 11.7. The average Bonchev–Trinajstić information content (AvgIpc) is 2.48. The summed E-state index contributed by atoms with van der Waals surface area (Å²) in [4.78, 5) is 12.8. The van der Waals surface area contributed by atoms with Crippen LogP contribution in [0.1, 0.15) is 0 Å². The van der Waals surface area contributed by atoms with Crippen LogP contribution in [0.4, 0.5) is 10.5 Å². The molecule has 3 nitrogen and oxygen atoms in total. The summed E-state index contributed by atoms with van der Waals surface area (Å²) in [5.41, 5.74) is 0.710. The average molecular weight is 341 g/mol. The number of rotatable bonds is 5. The number of amides is 2. The van der Waals surface area contributed by atoms with Crippen molar-refractivity contribution >= 4 is 46.7 Å². The fourth-order valence-corrected chi connectivity index (χ4v) is 2.59. The fraction of sp³-hybridized carbons (Fsp3) is 0.133. The molecule has 2 amide bonds. The van der Waals surface area contributed by atoms with Crippen LogP contribution < -0.4 is 10.6 Å². The lowest BCUT2D eigenvalue weighted by molar-refractivity contribution is 0.252. The second-order valence-corrected chi connectivity index (χ2v) is 6.23. The van der Waals surface area contributed by atoms with E-state index >= 15 is 0 Å². The van der Waals surface area contributed by atoms with Crippen LogP contribution in [0.15, 0.2) is 53.4 Å². The first-order valence-electron chi connectivity index (χ1n) is 6.32. The molecule has 2 aromatic rings. The fourth-order valence-electron chi connectivity index (χ4n) is 1.57. The van der Waals surface area contributed by atoms with Crippen LogP contribution >= 0.6 is 35.0 Å². The molecule has 0 spiro atoms. The second kappa shape index (κ2) is 8.17. The number of benzene rings is 2. The molecule has 2 N–H and O–H groups in total. The normalized spacial score (nSPS) is 10.2. The van der Waals surface area contributed by atoms with E-state index in [0.717, 1.165) is 15.7 Å². The Bertz CT molecular complexity index is 588. The second-order valence-electron chi connectivity index (χ2n) is 4.19. The van der Waals surface area contributed by atoms with E-state index in [-0.39, 0.29) is 6.03 Å². The van der Waals surface area contributed by atoms with Crippen LogP contribution in [0.5, 0.6) is 0 Å². The Kier molecular flexibility index (Phi) is 6.23. The number of carbonyl (C=O) groups is 1. The molecule has 0 saturated carbocycles. The highest BCUT2D eigenvalue weighted by Gasteiger charge is 2.01. The first kappa shape index (κ1) is 16.0. The minimum atomic E-state index is -0.228. The molecular weight excluding hydrogens is 327 g/mol. The maximum atomic E-state index is 11.7. The van der Waals surface area contributed by atoms with E-state index in [2.05, 4.69) is 10.6 Å². The lowest BCUT2D eigenvalue weighted by atomic mass is 10.3. The minimum Gasteiger partial charge on any atom is -0.337 e. The van der Waals surface area contributed by atoms with Gasteiger partial charge in [0.25, 0.3) is 0 Å². The minimum absolute atomic E-state index is 0.228. The zero-order valence-corrected chi connectivity index (χ0v) is 13.4. The third-order valence-corrected chi connectivity index (χ3v) is 4.09. The van der Waals surface area contributed by atoms with Gasteiger partial charge < -0.3 is 10.6 Å². The Morgan fingerprint density at radius 3 is 2.14 bits per heavy atom. The Hall–Kier alpha value is -1.36. The van der Waals surface area contributed by atoms with E-state index < -0.39 is 0 Å². The van der Waals surface area contributed by atoms with E-state index in [4.69, 9.17) is 23.2 Å². The topological polar surface area (TPSA) is 41.1 Å². The third-order valence-electron chi connectivity index (χ3n) is 2.57. The van der Waals surface area contributed by atoms with Crippen molar-refractivity contribution in [3.63, 3.8) is 0 Å². The monoisotopic (exact) mass is 340 g/mol. The van der Waals surface area contributed by atoms with E-state index in [9.17, 15) is 4.79 Å². The largest absolute Gasteiger partial charge is 0.337 e. The molecule has 0 aromatic heterocycles. The summed E-state index contributed by atoms with van der Waals surface area (Å²) in [6.45, 7) is 0.576. The molecule has 6 heteroatoms. The molecule has 0 saturated heterocycles. The number of urea groups is 1. The predicted molar refractivity (Wildman–Crippen MR) is 90.6 cm³/mol. The molecular formula is C15H14Cl2N2OS. The first-order chi connectivity index (χ1) is 10.1. The number of anilines is 1. The van der Waals surface area contributed by atoms with E-state index in [1.165, 1.54) is 0 Å². The molecule has 0 heterocycles. The summed E-state index contributed by atoms with van der Waals surface area (Å²) in [7, 11) is 0. The molecule has 2 aromatic carbocycles. The molecule has 0 aliphatic heterocycles. The van der Waals surface area contributed by atoms with E-state index in [0.29, 0.717) is 17.3 Å². The van der Waals surface area contributed by atoms with Crippen LogP contribution in [0.2, 0.25) is 10.0 Å². The van der Waals surface area contributed by atoms with Gasteiger partial charge in [0.05, 0.1) is 0 Å². The van der Waals surface area contributed by atoms with Crippen molar-refractivity contribution in [3.05, 3.63) is 58.6 Å². The number of carbonyl (C=O) groups excluding carboxylic acids is 1. The summed E-state index contributed by atoms with van der Waals surface area (Å²) in [5, 5.41) is 6.90. The van der Waals surface area contributed by atoms with Crippen LogP contribution in [-0.4, -0.2) is 18.3 Å². The highest BCUT2D eigenvalue weighted by Crippen LogP contribution is 2.19. The van der Waals surface area contributed by atoms with Gasteiger partial charge in [-0.25, -0.2) is 4.79 Å². The van der Waals surface area contributed by atoms with Crippen molar-refractivity contribution in [2.75, 3.05) is 17.6 Å². The van der Waals surface area contributed by atoms with Gasteiger partial charge in [-0.2, -0.15) is 0 Å². The molecule has 0 radical (unpaired) electrons. The SMILES string of the molecule is O=C(NCCSc1ccc(Cl)cc1)Nc1ccc(Cl)cc1. The number of hydrogen-bond donors (Lipinski definition) is 2. The lowest BCUT2D eigenvalue weighted by Crippen LogP contribution is -2.30. The molecule has 0 atom stereocenters. The smallest absolute Gasteiger partial charge is 0.319 e. The Labute approximate surface area is 138 Å². The Morgan fingerprint density at radius 2 is 1.52 bits per heavy atom. The van der Waals surface area contributed by atoms with Crippen LogP contribution in [0, 0.1) is 0 Å². The predicted octanol–water partition coefficient (Wildman–Crippen LogP) is 4.91. The molecule has 21 heavy (non-hydrogen) atoms. The summed E-state index contributed by atoms with van der Waals surface area (Å²) >= 11 is 13.3. The lowest BCUT2D eigenvalue weighted by Gasteiger charge is -2.07. The molecule has 0 aliphatic carbocycles. The van der Waals surface area contributed by atoms with Crippen LogP contribution in [0.3, 0.4) is 0 Å². The van der Waals surface area contributed by atoms with Gasteiger partial charge in [-0.15, -0.1) is 11.8 Å². The van der Waals surface area contributed by atoms with Gasteiger partial charge in [-0.05, 0) is 48.5 Å². The van der Waals surface area contributed by atoms with Gasteiger partial charge in [0.1, 0.15) is 0 Å². The van der Waals surface area contributed by atoms with Crippen molar-refractivity contribution in [1.29, 1.82) is 0 Å². The van der Waals surface area contributed by atoms with E-state index in [1.54, 1.807) is 36.0 Å². The summed E-state index contributed by atoms with van der Waals surface area (Å²) in [6, 6.07) is 14.4. The highest BCUT2D eigenvalue weighted by molar-refractivity contribution is 7.99. The molecule has 2 rings (SSSR count). The molecule has 0 aliphatic rings. The van der Waals surface area contributed by atoms with E-state index in [1.807, 2.05) is 24.3 Å². The van der Waals surface area contributed by atoms with Crippen molar-refractivity contribution in [1.82, 2.24) is 5.32 Å². The Morgan fingerprint density at radius 1 is 0.952 bits per heavy atom.